The van der Waals surface area contributed by atoms with Crippen LogP contribution in [0.25, 0.3) is 0 Å². The minimum absolute atomic E-state index is 0.170. The number of hydrogen-bond donors (Lipinski definition) is 1. The zero-order chi connectivity index (χ0) is 46.9. The molecule has 0 spiro atoms. The fourth-order valence-electron chi connectivity index (χ4n) is 4.53. The second-order valence-electron chi connectivity index (χ2n) is 14.2. The highest BCUT2D eigenvalue weighted by Crippen LogP contribution is 2.23. The maximum atomic E-state index is 12.6. The Bertz CT molecular complexity index is 1570. The fourth-order valence-corrected chi connectivity index (χ4v) is 5.25. The lowest BCUT2D eigenvalue weighted by Crippen LogP contribution is -2.32. The largest absolute Gasteiger partial charge is 0.573 e. The van der Waals surface area contributed by atoms with Crippen LogP contribution >= 0.6 is 11.8 Å². The van der Waals surface area contributed by atoms with Crippen LogP contribution in [-0.2, 0) is 4.79 Å². The van der Waals surface area contributed by atoms with Crippen molar-refractivity contribution in [3.8, 4) is 11.5 Å². The molecule has 16 heteroatoms. The molecule has 348 valence electrons. The fraction of sp³-hybridized carbons (Fsp3) is 0.622. The average Bonchev–Trinajstić information content (AvgIpc) is 3.21. The number of ether oxygens (including phenoxy) is 2. The zero-order valence-electron chi connectivity index (χ0n) is 38.2. The number of urea groups is 1. The molecule has 0 fully saturated rings. The molecule has 0 aliphatic carbocycles. The first kappa shape index (κ1) is 59.0. The SMILES string of the molecule is CCC/C=N\C(=NC)N(CCC)CCC(C)CC.CCCNC(=O)/N=C(/C)SCC(=O)CC.Cc1ccc(OC(F)(F)F)cc1.Cc1ccc(OCCC(F)(F)CF)c(C)c1. The van der Waals surface area contributed by atoms with Crippen molar-refractivity contribution < 1.29 is 45.4 Å². The Kier molecular flexibility index (Phi) is 33.4. The van der Waals surface area contributed by atoms with Gasteiger partial charge < -0.3 is 19.7 Å². The van der Waals surface area contributed by atoms with Crippen LogP contribution in [0.3, 0.4) is 0 Å². The number of aryl methyl sites for hydroxylation is 3. The van der Waals surface area contributed by atoms with Crippen molar-refractivity contribution in [2.24, 2.45) is 20.9 Å². The van der Waals surface area contributed by atoms with Crippen LogP contribution in [0.1, 0.15) is 117 Å². The summed E-state index contributed by atoms with van der Waals surface area (Å²) < 4.78 is 80.7. The van der Waals surface area contributed by atoms with Gasteiger partial charge in [-0.2, -0.15) is 4.99 Å². The maximum absolute atomic E-state index is 12.6. The summed E-state index contributed by atoms with van der Waals surface area (Å²) >= 11 is 1.31. The van der Waals surface area contributed by atoms with Crippen LogP contribution in [0.2, 0.25) is 0 Å². The highest BCUT2D eigenvalue weighted by Gasteiger charge is 2.31. The number of nitrogens with one attached hydrogen (secondary N) is 1. The standard InChI is InChI=1S/C15H31N3.C12H15F3O.C10H18N2O2S.C8H7F3O/c1-6-9-11-17-15(16-5)18(12-7-2)13-10-14(4)8-3;1-9-3-4-11(10(2)7-9)16-6-5-12(14,15)8-13;1-4-6-11-10(14)12-8(3)15-7-9(13)5-2;1-6-2-4-7(5-3-6)12-8(9,10)11/h11,14H,6-10,12-13H2,1-5H3;3-4,7H,5-6,8H2,1-2H3;4-7H2,1-3H3,(H,11,14);2-5H,1H3/b16-15?,17-11-;;12-8-;. The van der Waals surface area contributed by atoms with Crippen molar-refractivity contribution in [2.45, 2.75) is 133 Å². The number of unbranched alkanes of at least 4 members (excludes halogenated alkanes) is 1. The van der Waals surface area contributed by atoms with Crippen LogP contribution in [0.5, 0.6) is 11.5 Å². The number of benzene rings is 2. The molecule has 0 aliphatic heterocycles. The molecule has 0 radical (unpaired) electrons. The molecule has 1 N–H and O–H groups in total. The molecular formula is C45H71F6N5O4S. The summed E-state index contributed by atoms with van der Waals surface area (Å²) in [5, 5.41) is 3.27. The number of hydrogen-bond acceptors (Lipinski definition) is 6. The zero-order valence-corrected chi connectivity index (χ0v) is 39.0. The molecule has 2 amide bonds. The van der Waals surface area contributed by atoms with Crippen molar-refractivity contribution in [3.05, 3.63) is 59.2 Å². The Hall–Kier alpha value is -4.08. The lowest BCUT2D eigenvalue weighted by atomic mass is 10.1. The molecule has 2 rings (SSSR count). The van der Waals surface area contributed by atoms with Gasteiger partial charge in [-0.15, -0.1) is 24.9 Å². The Morgan fingerprint density at radius 3 is 2.07 bits per heavy atom. The van der Waals surface area contributed by atoms with E-state index in [1.165, 1.54) is 36.7 Å². The second kappa shape index (κ2) is 34.5. The van der Waals surface area contributed by atoms with Crippen molar-refractivity contribution in [2.75, 3.05) is 45.7 Å². The maximum Gasteiger partial charge on any atom is 0.573 e. The summed E-state index contributed by atoms with van der Waals surface area (Å²) in [6.45, 7) is 21.0. The molecule has 0 heterocycles. The van der Waals surface area contributed by atoms with Gasteiger partial charge in [-0.25, -0.2) is 23.0 Å². The van der Waals surface area contributed by atoms with Gasteiger partial charge in [0, 0.05) is 45.7 Å². The molecule has 1 atom stereocenters. The molecule has 2 aromatic carbocycles. The molecule has 0 aromatic heterocycles. The number of rotatable bonds is 19. The minimum Gasteiger partial charge on any atom is -0.493 e. The van der Waals surface area contributed by atoms with Crippen molar-refractivity contribution in [1.29, 1.82) is 0 Å². The predicted octanol–water partition coefficient (Wildman–Crippen LogP) is 12.8. The first-order valence-corrected chi connectivity index (χ1v) is 21.9. The number of carbonyl (C=O) groups excluding carboxylic acids is 2. The van der Waals surface area contributed by atoms with Crippen LogP contribution in [0, 0.1) is 26.7 Å². The normalized spacial score (nSPS) is 12.2. The minimum atomic E-state index is -4.60. The molecule has 2 aromatic rings. The first-order chi connectivity index (χ1) is 28.7. The van der Waals surface area contributed by atoms with Gasteiger partial charge in [0.15, 0.2) is 6.67 Å². The van der Waals surface area contributed by atoms with Gasteiger partial charge in [-0.3, -0.25) is 9.79 Å². The summed E-state index contributed by atoms with van der Waals surface area (Å²) in [6.07, 6.45) is 4.00. The number of alkyl halides is 6. The highest BCUT2D eigenvalue weighted by molar-refractivity contribution is 8.14. The summed E-state index contributed by atoms with van der Waals surface area (Å²) in [4.78, 5) is 37.1. The van der Waals surface area contributed by atoms with Gasteiger partial charge in [-0.05, 0) is 83.1 Å². The number of Topliss-reactive ketones (excluding diaryl/α,β-unsaturated/α-hetero) is 1. The third-order valence-corrected chi connectivity index (χ3v) is 9.29. The summed E-state index contributed by atoms with van der Waals surface area (Å²) in [5.74, 6) is -0.654. The number of aliphatic imine (C=N–C) groups is 3. The molecule has 61 heavy (non-hydrogen) atoms. The van der Waals surface area contributed by atoms with Crippen LogP contribution in [0.4, 0.5) is 31.1 Å². The number of guanidine groups is 1. The lowest BCUT2D eigenvalue weighted by molar-refractivity contribution is -0.274. The Balaban J connectivity index is 0. The summed E-state index contributed by atoms with van der Waals surface area (Å²) in [6, 6.07) is 10.8. The van der Waals surface area contributed by atoms with Gasteiger partial charge in [0.1, 0.15) is 17.3 Å². The number of carbonyl (C=O) groups is 2. The first-order valence-electron chi connectivity index (χ1n) is 20.9. The van der Waals surface area contributed by atoms with Crippen LogP contribution in [0.15, 0.2) is 57.4 Å². The quantitative estimate of drug-likeness (QED) is 0.0856. The van der Waals surface area contributed by atoms with Gasteiger partial charge >= 0.3 is 12.4 Å². The smallest absolute Gasteiger partial charge is 0.493 e. The number of nitrogens with zero attached hydrogens (tertiary/aromatic N) is 4. The molecule has 1 unspecified atom stereocenters. The highest BCUT2D eigenvalue weighted by atomic mass is 32.2. The van der Waals surface area contributed by atoms with Gasteiger partial charge in [0.2, 0.25) is 5.96 Å². The van der Waals surface area contributed by atoms with Gasteiger partial charge in [0.05, 0.1) is 17.4 Å². The van der Waals surface area contributed by atoms with E-state index in [1.54, 1.807) is 32.0 Å². The summed E-state index contributed by atoms with van der Waals surface area (Å²) in [5.41, 5.74) is 2.87. The Morgan fingerprint density at radius 2 is 1.56 bits per heavy atom. The number of thioether (sulfide) groups is 1. The van der Waals surface area contributed by atoms with Crippen molar-refractivity contribution in [1.82, 2.24) is 10.2 Å². The number of amides is 2. The van der Waals surface area contributed by atoms with E-state index >= 15 is 0 Å². The number of ketones is 1. The molecule has 9 nitrogen and oxygen atoms in total. The van der Waals surface area contributed by atoms with Crippen molar-refractivity contribution >= 4 is 40.8 Å². The third-order valence-electron chi connectivity index (χ3n) is 8.32. The van der Waals surface area contributed by atoms with E-state index in [4.69, 9.17) is 4.74 Å². The predicted molar refractivity (Wildman–Crippen MR) is 242 cm³/mol. The molecule has 0 aliphatic rings. The topological polar surface area (TPSA) is 105 Å². The van der Waals surface area contributed by atoms with Crippen LogP contribution < -0.4 is 14.8 Å². The second-order valence-corrected chi connectivity index (χ2v) is 15.3. The molecule has 0 saturated carbocycles. The van der Waals surface area contributed by atoms with Gasteiger partial charge in [-0.1, -0.05) is 89.8 Å². The Labute approximate surface area is 365 Å². The average molecular weight is 892 g/mol. The summed E-state index contributed by atoms with van der Waals surface area (Å²) in [7, 11) is 1.84. The van der Waals surface area contributed by atoms with Crippen molar-refractivity contribution in [3.63, 3.8) is 0 Å². The monoisotopic (exact) mass is 892 g/mol. The lowest BCUT2D eigenvalue weighted by Gasteiger charge is -2.24. The van der Waals surface area contributed by atoms with E-state index < -0.39 is 25.4 Å². The van der Waals surface area contributed by atoms with Gasteiger partial charge in [0.25, 0.3) is 5.92 Å². The molecule has 0 bridgehead atoms. The van der Waals surface area contributed by atoms with E-state index in [-0.39, 0.29) is 24.2 Å². The van der Waals surface area contributed by atoms with E-state index in [9.17, 15) is 35.9 Å². The van der Waals surface area contributed by atoms with E-state index in [0.29, 0.717) is 29.5 Å². The van der Waals surface area contributed by atoms with E-state index in [1.807, 2.05) is 53.1 Å². The Morgan fingerprint density at radius 1 is 0.918 bits per heavy atom. The number of halogens is 6. The third kappa shape index (κ3) is 33.3. The molecule has 0 saturated heterocycles. The van der Waals surface area contributed by atoms with E-state index in [0.717, 1.165) is 67.3 Å². The van der Waals surface area contributed by atoms with E-state index in [2.05, 4.69) is 57.6 Å². The van der Waals surface area contributed by atoms with Crippen LogP contribution in [-0.4, -0.2) is 91.9 Å². The molecular weight excluding hydrogens is 821 g/mol.